The van der Waals surface area contributed by atoms with Crippen molar-refractivity contribution in [2.75, 3.05) is 102 Å². The Labute approximate surface area is 426 Å². The number of hydrogen-bond donors (Lipinski definition) is 1. The van der Waals surface area contributed by atoms with Crippen LogP contribution in [0.15, 0.2) is 120 Å². The first-order chi connectivity index (χ1) is 35.7. The Morgan fingerprint density at radius 1 is 0.644 bits per heavy atom. The van der Waals surface area contributed by atoms with Crippen molar-refractivity contribution in [3.63, 3.8) is 0 Å². The summed E-state index contributed by atoms with van der Waals surface area (Å²) in [6.07, 6.45) is 1.80. The lowest BCUT2D eigenvalue weighted by atomic mass is 9.90. The van der Waals surface area contributed by atoms with Gasteiger partial charge in [-0.2, -0.15) is 23.1 Å². The summed E-state index contributed by atoms with van der Waals surface area (Å²) in [6.45, 7) is 7.60. The van der Waals surface area contributed by atoms with E-state index >= 15 is 0 Å². The lowest BCUT2D eigenvalue weighted by molar-refractivity contribution is -0.137. The zero-order valence-corrected chi connectivity index (χ0v) is 41.5. The molecule has 0 spiro atoms. The highest BCUT2D eigenvalue weighted by Crippen LogP contribution is 2.41. The van der Waals surface area contributed by atoms with Gasteiger partial charge in [0.15, 0.2) is 11.5 Å². The normalized spacial score (nSPS) is 15.8. The zero-order valence-electron chi connectivity index (χ0n) is 40.7. The van der Waals surface area contributed by atoms with Crippen molar-refractivity contribution in [2.45, 2.75) is 43.7 Å². The Bertz CT molecular complexity index is 3360. The standard InChI is InChI=1S/C56H54F3N11O2S/c1-3-70(39-20-22-48-49(34-39)72-35-71-48)53-42-14-6-7-15-44(42)62-55(65-53)69-29-25-67(26-30-69)51-33-38(56(57,58)59)32-45(60-51)37-19-21-41-46(31-37)63-54(64-52(41)61-43-16-10-12-36-11-4-5-13-40(36)43)68-27-23-66(24-28-68)47-17-8-9-18-50(47)73-2/h6-10,12,14-22,31-34H,3-5,11,13,23-30,35H2,1-2H3,(H,61,63,64). The number of thioether (sulfide) groups is 1. The highest BCUT2D eigenvalue weighted by molar-refractivity contribution is 7.98. The maximum Gasteiger partial charge on any atom is 0.416 e. The molecule has 3 aromatic heterocycles. The summed E-state index contributed by atoms with van der Waals surface area (Å²) in [4.78, 5) is 37.5. The summed E-state index contributed by atoms with van der Waals surface area (Å²) < 4.78 is 56.0. The molecule has 3 aliphatic heterocycles. The van der Waals surface area contributed by atoms with Crippen molar-refractivity contribution < 1.29 is 22.6 Å². The Kier molecular flexibility index (Phi) is 12.4. The number of nitrogens with zero attached hydrogens (tertiary/aromatic N) is 10. The lowest BCUT2D eigenvalue weighted by Crippen LogP contribution is -2.47. The second-order valence-corrected chi connectivity index (χ2v) is 19.6. The van der Waals surface area contributed by atoms with Gasteiger partial charge in [-0.3, -0.25) is 0 Å². The molecule has 73 heavy (non-hydrogen) atoms. The number of aromatic nitrogens is 5. The maximum atomic E-state index is 14.9. The molecule has 12 rings (SSSR count). The molecular formula is C56H54F3N11O2S. The van der Waals surface area contributed by atoms with Crippen LogP contribution in [0.25, 0.3) is 33.1 Å². The second-order valence-electron chi connectivity index (χ2n) is 18.7. The second kappa shape index (κ2) is 19.5. The van der Waals surface area contributed by atoms with Gasteiger partial charge in [0.25, 0.3) is 0 Å². The lowest BCUT2D eigenvalue weighted by Gasteiger charge is -2.37. The molecule has 0 amide bonds. The van der Waals surface area contributed by atoms with E-state index in [2.05, 4.69) is 80.6 Å². The fourth-order valence-electron chi connectivity index (χ4n) is 10.6. The van der Waals surface area contributed by atoms with Crippen molar-refractivity contribution in [3.8, 4) is 22.8 Å². The van der Waals surface area contributed by atoms with Crippen LogP contribution in [0.1, 0.15) is 36.5 Å². The van der Waals surface area contributed by atoms with Crippen LogP contribution >= 0.6 is 11.8 Å². The number of para-hydroxylation sites is 2. The molecule has 8 aromatic rings. The van der Waals surface area contributed by atoms with E-state index in [0.717, 1.165) is 78.0 Å². The molecule has 0 unspecified atom stereocenters. The molecule has 0 atom stereocenters. The molecule has 2 fully saturated rings. The highest BCUT2D eigenvalue weighted by Gasteiger charge is 2.34. The number of benzene rings is 5. The van der Waals surface area contributed by atoms with Gasteiger partial charge in [0.2, 0.25) is 18.7 Å². The third-order valence-electron chi connectivity index (χ3n) is 14.5. The number of nitrogens with one attached hydrogen (secondary N) is 1. The number of hydrogen-bond acceptors (Lipinski definition) is 14. The molecule has 0 radical (unpaired) electrons. The van der Waals surface area contributed by atoms with E-state index in [9.17, 15) is 13.2 Å². The van der Waals surface area contributed by atoms with E-state index in [0.29, 0.717) is 86.1 Å². The van der Waals surface area contributed by atoms with Crippen LogP contribution < -0.4 is 39.3 Å². The van der Waals surface area contributed by atoms with Crippen molar-refractivity contribution >= 4 is 80.0 Å². The molecule has 5 aromatic carbocycles. The summed E-state index contributed by atoms with van der Waals surface area (Å²) in [5.41, 5.74) is 7.19. The highest BCUT2D eigenvalue weighted by atomic mass is 32.2. The van der Waals surface area contributed by atoms with Gasteiger partial charge in [0.1, 0.15) is 17.5 Å². The predicted molar refractivity (Wildman–Crippen MR) is 286 cm³/mol. The Morgan fingerprint density at radius 2 is 1.37 bits per heavy atom. The fourth-order valence-corrected chi connectivity index (χ4v) is 11.2. The van der Waals surface area contributed by atoms with Crippen LogP contribution in [0.4, 0.5) is 59.6 Å². The third-order valence-corrected chi connectivity index (χ3v) is 15.2. The van der Waals surface area contributed by atoms with E-state index in [1.807, 2.05) is 65.6 Å². The smallest absolute Gasteiger partial charge is 0.416 e. The first kappa shape index (κ1) is 46.5. The van der Waals surface area contributed by atoms with Crippen LogP contribution in [-0.2, 0) is 19.0 Å². The number of piperazine rings is 2. The van der Waals surface area contributed by atoms with Gasteiger partial charge >= 0.3 is 6.18 Å². The quantitative estimate of drug-likeness (QED) is 0.124. The van der Waals surface area contributed by atoms with Gasteiger partial charge in [-0.25, -0.2) is 15.0 Å². The Balaban J connectivity index is 0.851. The number of rotatable bonds is 11. The number of pyridine rings is 1. The molecule has 1 N–H and O–H groups in total. The Hall–Kier alpha value is -7.53. The van der Waals surface area contributed by atoms with Crippen molar-refractivity contribution in [1.29, 1.82) is 0 Å². The number of anilines is 8. The minimum absolute atomic E-state index is 0.178. The van der Waals surface area contributed by atoms with Crippen LogP contribution in [0.3, 0.4) is 0 Å². The van der Waals surface area contributed by atoms with Crippen LogP contribution in [0, 0.1) is 0 Å². The average Bonchev–Trinajstić information content (AvgIpc) is 3.91. The summed E-state index contributed by atoms with van der Waals surface area (Å²) >= 11 is 1.74. The topological polar surface area (TPSA) is 111 Å². The Morgan fingerprint density at radius 3 is 2.18 bits per heavy atom. The first-order valence-electron chi connectivity index (χ1n) is 25.0. The number of alkyl halides is 3. The average molecular weight is 1000 g/mol. The van der Waals surface area contributed by atoms with Gasteiger partial charge in [0.05, 0.1) is 28.0 Å². The number of ether oxygens (including phenoxy) is 2. The largest absolute Gasteiger partial charge is 0.454 e. The van der Waals surface area contributed by atoms with E-state index in [4.69, 9.17) is 34.4 Å². The molecule has 0 saturated carbocycles. The van der Waals surface area contributed by atoms with E-state index < -0.39 is 11.7 Å². The molecule has 2 saturated heterocycles. The van der Waals surface area contributed by atoms with Gasteiger partial charge in [-0.15, -0.1) is 11.8 Å². The fraction of sp³-hybridized carbons (Fsp3) is 0.304. The van der Waals surface area contributed by atoms with Crippen molar-refractivity contribution in [2.24, 2.45) is 0 Å². The van der Waals surface area contributed by atoms with Gasteiger partial charge in [-0.1, -0.05) is 42.5 Å². The monoisotopic (exact) mass is 1000 g/mol. The van der Waals surface area contributed by atoms with E-state index in [1.54, 1.807) is 11.8 Å². The molecule has 1 aliphatic carbocycles. The van der Waals surface area contributed by atoms with Gasteiger partial charge in [0, 0.05) is 97.6 Å². The molecule has 0 bridgehead atoms. The van der Waals surface area contributed by atoms with Crippen LogP contribution in [0.2, 0.25) is 0 Å². The van der Waals surface area contributed by atoms with Gasteiger partial charge in [-0.05, 0) is 117 Å². The molecular weight excluding hydrogens is 948 g/mol. The molecule has 372 valence electrons. The van der Waals surface area contributed by atoms with E-state index in [1.165, 1.54) is 28.1 Å². The maximum absolute atomic E-state index is 14.9. The van der Waals surface area contributed by atoms with Gasteiger partial charge < -0.3 is 39.3 Å². The van der Waals surface area contributed by atoms with Crippen molar-refractivity contribution in [1.82, 2.24) is 24.9 Å². The summed E-state index contributed by atoms with van der Waals surface area (Å²) in [7, 11) is 0. The summed E-state index contributed by atoms with van der Waals surface area (Å²) in [5, 5.41) is 5.38. The number of fused-ring (bicyclic) bond motifs is 4. The number of aryl methyl sites for hydroxylation is 1. The number of halogens is 3. The minimum Gasteiger partial charge on any atom is -0.454 e. The molecule has 4 aliphatic rings. The molecule has 6 heterocycles. The SMILES string of the molecule is CCN(c1ccc2c(c1)OCO2)c1nc(N2CCN(c3cc(C(F)(F)F)cc(-c4ccc5c(Nc6cccc7c6CCCC7)nc(N6CCN(c7ccccc7SC)CC6)nc5c4)n3)CC2)nc2ccccc12. The molecule has 13 nitrogen and oxygen atoms in total. The summed E-state index contributed by atoms with van der Waals surface area (Å²) in [5.74, 6) is 4.16. The minimum atomic E-state index is -4.61. The van der Waals surface area contributed by atoms with E-state index in [-0.39, 0.29) is 18.3 Å². The van der Waals surface area contributed by atoms with Crippen LogP contribution in [-0.4, -0.2) is 96.9 Å². The molecule has 17 heteroatoms. The predicted octanol–water partition coefficient (Wildman–Crippen LogP) is 11.5. The zero-order chi connectivity index (χ0) is 49.6. The first-order valence-corrected chi connectivity index (χ1v) is 26.3. The van der Waals surface area contributed by atoms with Crippen molar-refractivity contribution in [3.05, 3.63) is 132 Å². The third kappa shape index (κ3) is 9.19. The van der Waals surface area contributed by atoms with Crippen LogP contribution in [0.5, 0.6) is 11.5 Å². The summed E-state index contributed by atoms with van der Waals surface area (Å²) in [6, 6.07) is 36.6.